The van der Waals surface area contributed by atoms with Crippen LogP contribution in [0.15, 0.2) is 54.6 Å². The van der Waals surface area contributed by atoms with Gasteiger partial charge in [-0.25, -0.2) is 4.39 Å². The van der Waals surface area contributed by atoms with E-state index in [1.165, 1.54) is 11.6 Å². The highest BCUT2D eigenvalue weighted by Crippen LogP contribution is 2.32. The van der Waals surface area contributed by atoms with Crippen LogP contribution in [0.5, 0.6) is 11.5 Å². The topological polar surface area (TPSA) is 55.8 Å². The fourth-order valence-corrected chi connectivity index (χ4v) is 4.36. The molecule has 0 amide bonds. The molecule has 0 aliphatic carbocycles. The van der Waals surface area contributed by atoms with Crippen molar-refractivity contribution in [3.05, 3.63) is 82.7 Å². The molecular formula is C28H31FO4S. The van der Waals surface area contributed by atoms with Gasteiger partial charge in [0.05, 0.1) is 6.61 Å². The maximum Gasteiger partial charge on any atom is 0.303 e. The van der Waals surface area contributed by atoms with E-state index in [0.717, 1.165) is 39.5 Å². The molecule has 0 aliphatic rings. The zero-order valence-corrected chi connectivity index (χ0v) is 20.7. The summed E-state index contributed by atoms with van der Waals surface area (Å²) < 4.78 is 26.0. The maximum absolute atomic E-state index is 14.3. The summed E-state index contributed by atoms with van der Waals surface area (Å²) in [5.41, 5.74) is 5.92. The van der Waals surface area contributed by atoms with E-state index in [-0.39, 0.29) is 12.8 Å². The predicted molar refractivity (Wildman–Crippen MR) is 137 cm³/mol. The molecule has 0 heterocycles. The molecule has 180 valence electrons. The molecule has 4 nitrogen and oxygen atoms in total. The third kappa shape index (κ3) is 7.26. The predicted octanol–water partition coefficient (Wildman–Crippen LogP) is 6.84. The van der Waals surface area contributed by atoms with E-state index in [1.807, 2.05) is 23.9 Å². The molecule has 0 radical (unpaired) electrons. The summed E-state index contributed by atoms with van der Waals surface area (Å²) in [6, 6.07) is 16.9. The van der Waals surface area contributed by atoms with Gasteiger partial charge in [-0.05, 0) is 83.7 Å². The van der Waals surface area contributed by atoms with Crippen LogP contribution in [0.4, 0.5) is 4.39 Å². The monoisotopic (exact) mass is 482 g/mol. The number of carbonyl (C=O) groups is 1. The Hall–Kier alpha value is -2.99. The Morgan fingerprint density at radius 2 is 1.76 bits per heavy atom. The van der Waals surface area contributed by atoms with Crippen LogP contribution in [0, 0.1) is 19.7 Å². The summed E-state index contributed by atoms with van der Waals surface area (Å²) in [6.07, 6.45) is 0.0531. The summed E-state index contributed by atoms with van der Waals surface area (Å²) in [5, 5.41) is 8.78. The van der Waals surface area contributed by atoms with Crippen LogP contribution in [0.2, 0.25) is 0 Å². The van der Waals surface area contributed by atoms with E-state index >= 15 is 0 Å². The lowest BCUT2D eigenvalue weighted by atomic mass is 9.94. The molecule has 3 aromatic rings. The number of thioether (sulfide) groups is 1. The van der Waals surface area contributed by atoms with E-state index in [9.17, 15) is 9.18 Å². The number of aryl methyl sites for hydroxylation is 3. The van der Waals surface area contributed by atoms with Crippen LogP contribution >= 0.6 is 11.8 Å². The summed E-state index contributed by atoms with van der Waals surface area (Å²) in [7, 11) is 0. The minimum atomic E-state index is -0.946. The van der Waals surface area contributed by atoms with Crippen molar-refractivity contribution in [1.29, 1.82) is 0 Å². The average Bonchev–Trinajstić information content (AvgIpc) is 2.80. The maximum atomic E-state index is 14.3. The van der Waals surface area contributed by atoms with Gasteiger partial charge in [-0.1, -0.05) is 31.2 Å². The van der Waals surface area contributed by atoms with E-state index in [1.54, 1.807) is 12.1 Å². The Kier molecular flexibility index (Phi) is 9.40. The number of hydrogen-bond acceptors (Lipinski definition) is 4. The van der Waals surface area contributed by atoms with E-state index in [0.29, 0.717) is 24.5 Å². The summed E-state index contributed by atoms with van der Waals surface area (Å²) in [4.78, 5) is 10.7. The highest BCUT2D eigenvalue weighted by atomic mass is 32.2. The molecule has 0 saturated heterocycles. The van der Waals surface area contributed by atoms with Crippen molar-refractivity contribution in [3.63, 3.8) is 0 Å². The van der Waals surface area contributed by atoms with E-state index in [2.05, 4.69) is 45.0 Å². The number of carboxylic acid groups (broad SMARTS) is 1. The minimum absolute atomic E-state index is 0.103. The first-order valence-corrected chi connectivity index (χ1v) is 12.6. The molecule has 1 N–H and O–H groups in total. The van der Waals surface area contributed by atoms with Crippen molar-refractivity contribution in [2.45, 2.75) is 40.2 Å². The smallest absolute Gasteiger partial charge is 0.303 e. The summed E-state index contributed by atoms with van der Waals surface area (Å²) in [6.45, 7) is 7.33. The second-order valence-electron chi connectivity index (χ2n) is 8.11. The van der Waals surface area contributed by atoms with Crippen molar-refractivity contribution >= 4 is 17.7 Å². The zero-order valence-electron chi connectivity index (χ0n) is 19.9. The van der Waals surface area contributed by atoms with Gasteiger partial charge in [0, 0.05) is 18.2 Å². The van der Waals surface area contributed by atoms with Crippen LogP contribution in [-0.2, 0) is 17.8 Å². The van der Waals surface area contributed by atoms with Crippen molar-refractivity contribution in [1.82, 2.24) is 0 Å². The fourth-order valence-electron chi connectivity index (χ4n) is 3.87. The lowest BCUT2D eigenvalue weighted by Crippen LogP contribution is -2.02. The fraction of sp³-hybridized carbons (Fsp3) is 0.321. The number of ether oxygens (including phenoxy) is 2. The zero-order chi connectivity index (χ0) is 24.5. The Balaban J connectivity index is 1.68. The van der Waals surface area contributed by atoms with Gasteiger partial charge < -0.3 is 14.6 Å². The normalized spacial score (nSPS) is 10.8. The third-order valence-electron chi connectivity index (χ3n) is 5.46. The molecule has 6 heteroatoms. The molecule has 0 spiro atoms. The quantitative estimate of drug-likeness (QED) is 0.287. The van der Waals surface area contributed by atoms with Crippen LogP contribution in [0.25, 0.3) is 11.1 Å². The lowest BCUT2D eigenvalue weighted by Gasteiger charge is -2.15. The molecule has 0 atom stereocenters. The Morgan fingerprint density at radius 3 is 2.44 bits per heavy atom. The Bertz CT molecular complexity index is 1110. The van der Waals surface area contributed by atoms with Crippen molar-refractivity contribution < 1.29 is 23.8 Å². The van der Waals surface area contributed by atoms with Gasteiger partial charge in [-0.15, -0.1) is 0 Å². The third-order valence-corrected chi connectivity index (χ3v) is 6.32. The number of halogens is 1. The second-order valence-corrected chi connectivity index (χ2v) is 9.51. The number of benzene rings is 3. The van der Waals surface area contributed by atoms with Gasteiger partial charge in [0.2, 0.25) is 0 Å². The summed E-state index contributed by atoms with van der Waals surface area (Å²) >= 11 is 1.87. The van der Waals surface area contributed by atoms with Gasteiger partial charge in [0.15, 0.2) is 0 Å². The first-order chi connectivity index (χ1) is 16.4. The first-order valence-electron chi connectivity index (χ1n) is 11.4. The van der Waals surface area contributed by atoms with Crippen LogP contribution in [0.1, 0.15) is 35.6 Å². The molecule has 0 bridgehead atoms. The van der Waals surface area contributed by atoms with Gasteiger partial charge in [-0.3, -0.25) is 4.79 Å². The van der Waals surface area contributed by atoms with Gasteiger partial charge in [0.1, 0.15) is 23.9 Å². The average molecular weight is 483 g/mol. The van der Waals surface area contributed by atoms with Crippen molar-refractivity contribution in [2.75, 3.05) is 18.1 Å². The second kappa shape index (κ2) is 12.5. The van der Waals surface area contributed by atoms with E-state index in [4.69, 9.17) is 14.6 Å². The molecule has 0 saturated carbocycles. The molecule has 3 rings (SSSR count). The molecule has 0 fully saturated rings. The van der Waals surface area contributed by atoms with Crippen molar-refractivity contribution in [2.24, 2.45) is 0 Å². The van der Waals surface area contributed by atoms with Crippen LogP contribution < -0.4 is 9.47 Å². The largest absolute Gasteiger partial charge is 0.493 e. The number of rotatable bonds is 12. The lowest BCUT2D eigenvalue weighted by molar-refractivity contribution is -0.136. The highest BCUT2D eigenvalue weighted by Gasteiger charge is 2.11. The molecule has 0 aromatic heterocycles. The molecular weight excluding hydrogens is 451 g/mol. The van der Waals surface area contributed by atoms with Crippen molar-refractivity contribution in [3.8, 4) is 22.6 Å². The number of hydrogen-bond donors (Lipinski definition) is 1. The number of aliphatic carboxylic acids is 1. The first kappa shape index (κ1) is 25.6. The number of carboxylic acids is 1. The van der Waals surface area contributed by atoms with E-state index < -0.39 is 11.8 Å². The molecule has 34 heavy (non-hydrogen) atoms. The minimum Gasteiger partial charge on any atom is -0.493 e. The molecule has 3 aromatic carbocycles. The SMILES string of the molecule is CCSCCOc1cc(C)c(-c2cccc(COc3ccc(CCC(=O)O)c(F)c3)c2)c(C)c1. The molecule has 0 aliphatic heterocycles. The highest BCUT2D eigenvalue weighted by molar-refractivity contribution is 7.99. The molecule has 0 unspecified atom stereocenters. The van der Waals surface area contributed by atoms with Gasteiger partial charge in [-0.2, -0.15) is 11.8 Å². The van der Waals surface area contributed by atoms with Crippen LogP contribution in [-0.4, -0.2) is 29.2 Å². The standard InChI is InChI=1S/C28H31FO4S/c1-4-34-13-12-32-25-14-19(2)28(20(3)15-25)23-7-5-6-21(16-23)18-33-24-10-8-22(26(29)17-24)9-11-27(30)31/h5-8,10,14-17H,4,9,11-13,18H2,1-3H3,(H,30,31). The Labute approximate surface area is 205 Å². The van der Waals surface area contributed by atoms with Gasteiger partial charge in [0.25, 0.3) is 0 Å². The van der Waals surface area contributed by atoms with Gasteiger partial charge >= 0.3 is 5.97 Å². The Morgan fingerprint density at radius 1 is 1.00 bits per heavy atom. The summed E-state index contributed by atoms with van der Waals surface area (Å²) in [5.74, 6) is 1.98. The van der Waals surface area contributed by atoms with Crippen LogP contribution in [0.3, 0.4) is 0 Å².